The van der Waals surface area contributed by atoms with Crippen LogP contribution in [0.1, 0.15) is 51.4 Å². The van der Waals surface area contributed by atoms with E-state index in [1.165, 1.54) is 77.5 Å². The quantitative estimate of drug-likeness (QED) is 0.827. The Hall–Kier alpha value is -0.120. The maximum absolute atomic E-state index is 6.46. The van der Waals surface area contributed by atoms with E-state index in [2.05, 4.69) is 10.2 Å². The van der Waals surface area contributed by atoms with E-state index in [1.807, 2.05) is 0 Å². The van der Waals surface area contributed by atoms with Gasteiger partial charge in [-0.25, -0.2) is 0 Å². The van der Waals surface area contributed by atoms with Crippen LogP contribution in [0.2, 0.25) is 0 Å². The molecule has 1 aliphatic carbocycles. The molecule has 0 aromatic carbocycles. The van der Waals surface area contributed by atoms with Crippen LogP contribution < -0.4 is 5.32 Å². The first-order valence-electron chi connectivity index (χ1n) is 8.47. The molecule has 4 aliphatic rings. The highest BCUT2D eigenvalue weighted by Crippen LogP contribution is 2.43. The van der Waals surface area contributed by atoms with E-state index >= 15 is 0 Å². The molecule has 0 amide bonds. The second kappa shape index (κ2) is 5.01. The lowest BCUT2D eigenvalue weighted by Gasteiger charge is -2.26. The molecule has 1 saturated carbocycles. The smallest absolute Gasteiger partial charge is 0.0710 e. The fourth-order valence-corrected chi connectivity index (χ4v) is 4.98. The number of rotatable bonds is 2. The van der Waals surface area contributed by atoms with Gasteiger partial charge in [-0.05, 0) is 51.0 Å². The molecule has 1 N–H and O–H groups in total. The van der Waals surface area contributed by atoms with Gasteiger partial charge in [-0.3, -0.25) is 4.90 Å². The van der Waals surface area contributed by atoms with Crippen molar-refractivity contribution in [2.45, 2.75) is 69.1 Å². The van der Waals surface area contributed by atoms with Gasteiger partial charge in [0, 0.05) is 25.7 Å². The number of piperidine rings is 1. The minimum atomic E-state index is 0.315. The maximum atomic E-state index is 6.46. The molecule has 0 aromatic rings. The molecular weight excluding hydrogens is 236 g/mol. The number of nitrogens with zero attached hydrogens (tertiary/aromatic N) is 1. The van der Waals surface area contributed by atoms with Gasteiger partial charge < -0.3 is 10.1 Å². The van der Waals surface area contributed by atoms with Crippen molar-refractivity contribution in [3.05, 3.63) is 0 Å². The van der Waals surface area contributed by atoms with Crippen molar-refractivity contribution in [1.82, 2.24) is 10.2 Å². The van der Waals surface area contributed by atoms with Crippen LogP contribution in [-0.4, -0.2) is 48.8 Å². The third kappa shape index (κ3) is 2.45. The van der Waals surface area contributed by atoms with Gasteiger partial charge in [0.15, 0.2) is 0 Å². The van der Waals surface area contributed by atoms with Gasteiger partial charge in [0.2, 0.25) is 0 Å². The summed E-state index contributed by atoms with van der Waals surface area (Å²) in [6, 6.07) is 0.774. The molecule has 4 fully saturated rings. The van der Waals surface area contributed by atoms with Crippen LogP contribution in [0.4, 0.5) is 0 Å². The molecule has 3 heteroatoms. The SMILES string of the molecule is C1CNC2CN(CC3CCC4(CCCC4)O3)CC2C1. The topological polar surface area (TPSA) is 24.5 Å². The average Bonchev–Trinajstić information content (AvgIpc) is 3.11. The summed E-state index contributed by atoms with van der Waals surface area (Å²) in [6.45, 7) is 5.00. The maximum Gasteiger partial charge on any atom is 0.0710 e. The number of fused-ring (bicyclic) bond motifs is 1. The fourth-order valence-electron chi connectivity index (χ4n) is 4.98. The Bertz CT molecular complexity index is 313. The van der Waals surface area contributed by atoms with Gasteiger partial charge in [-0.15, -0.1) is 0 Å². The summed E-state index contributed by atoms with van der Waals surface area (Å²) in [7, 11) is 0. The van der Waals surface area contributed by atoms with Crippen molar-refractivity contribution in [1.29, 1.82) is 0 Å². The van der Waals surface area contributed by atoms with E-state index in [9.17, 15) is 0 Å². The van der Waals surface area contributed by atoms with Crippen LogP contribution in [0.5, 0.6) is 0 Å². The Balaban J connectivity index is 1.31. The van der Waals surface area contributed by atoms with Crippen LogP contribution in [0.15, 0.2) is 0 Å². The van der Waals surface area contributed by atoms with Crippen LogP contribution in [0.25, 0.3) is 0 Å². The minimum absolute atomic E-state index is 0.315. The lowest BCUT2D eigenvalue weighted by molar-refractivity contribution is -0.0456. The summed E-state index contributed by atoms with van der Waals surface area (Å²) >= 11 is 0. The molecule has 0 aromatic heterocycles. The third-order valence-corrected chi connectivity index (χ3v) is 5.99. The van der Waals surface area contributed by atoms with Gasteiger partial charge in [-0.2, -0.15) is 0 Å². The zero-order chi connectivity index (χ0) is 12.7. The summed E-state index contributed by atoms with van der Waals surface area (Å²) in [4.78, 5) is 2.67. The van der Waals surface area contributed by atoms with E-state index < -0.39 is 0 Å². The largest absolute Gasteiger partial charge is 0.370 e. The number of nitrogens with one attached hydrogen (secondary N) is 1. The second-order valence-corrected chi connectivity index (χ2v) is 7.35. The van der Waals surface area contributed by atoms with Gasteiger partial charge in [0.25, 0.3) is 0 Å². The average molecular weight is 264 g/mol. The van der Waals surface area contributed by atoms with E-state index in [1.54, 1.807) is 0 Å². The van der Waals surface area contributed by atoms with Gasteiger partial charge >= 0.3 is 0 Å². The first kappa shape index (κ1) is 12.6. The molecule has 4 rings (SSSR count). The summed E-state index contributed by atoms with van der Waals surface area (Å²) < 4.78 is 6.46. The van der Waals surface area contributed by atoms with E-state index in [4.69, 9.17) is 4.74 Å². The van der Waals surface area contributed by atoms with Crippen LogP contribution in [0.3, 0.4) is 0 Å². The van der Waals surface area contributed by atoms with Gasteiger partial charge in [-0.1, -0.05) is 12.8 Å². The Morgan fingerprint density at radius 3 is 2.79 bits per heavy atom. The highest BCUT2D eigenvalue weighted by Gasteiger charge is 2.43. The summed E-state index contributed by atoms with van der Waals surface area (Å²) in [6.07, 6.45) is 11.4. The van der Waals surface area contributed by atoms with E-state index in [-0.39, 0.29) is 0 Å². The number of hydrogen-bond acceptors (Lipinski definition) is 3. The van der Waals surface area contributed by atoms with Crippen molar-refractivity contribution < 1.29 is 4.74 Å². The zero-order valence-corrected chi connectivity index (χ0v) is 12.1. The number of likely N-dealkylation sites (tertiary alicyclic amines) is 1. The molecule has 3 heterocycles. The Kier molecular flexibility index (Phi) is 3.33. The third-order valence-electron chi connectivity index (χ3n) is 5.99. The highest BCUT2D eigenvalue weighted by molar-refractivity contribution is 4.96. The van der Waals surface area contributed by atoms with E-state index in [0.717, 1.165) is 12.0 Å². The molecule has 3 atom stereocenters. The van der Waals surface area contributed by atoms with Gasteiger partial charge in [0.1, 0.15) is 0 Å². The normalized spacial score (nSPS) is 42.0. The summed E-state index contributed by atoms with van der Waals surface area (Å²) in [5, 5.41) is 3.70. The van der Waals surface area contributed by atoms with Crippen molar-refractivity contribution in [3.63, 3.8) is 0 Å². The highest BCUT2D eigenvalue weighted by atomic mass is 16.5. The molecule has 0 bridgehead atoms. The molecule has 1 spiro atoms. The summed E-state index contributed by atoms with van der Waals surface area (Å²) in [5.74, 6) is 0.913. The van der Waals surface area contributed by atoms with Crippen LogP contribution in [-0.2, 0) is 4.74 Å². The predicted molar refractivity (Wildman–Crippen MR) is 76.3 cm³/mol. The fraction of sp³-hybridized carbons (Fsp3) is 1.00. The molecular formula is C16H28N2O. The number of hydrogen-bond donors (Lipinski definition) is 1. The van der Waals surface area contributed by atoms with Crippen molar-refractivity contribution in [3.8, 4) is 0 Å². The predicted octanol–water partition coefficient (Wildman–Crippen LogP) is 2.16. The zero-order valence-electron chi connectivity index (χ0n) is 12.1. The molecule has 3 nitrogen and oxygen atoms in total. The number of ether oxygens (including phenoxy) is 1. The Labute approximate surface area is 117 Å². The summed E-state index contributed by atoms with van der Waals surface area (Å²) in [5.41, 5.74) is 0.315. The Morgan fingerprint density at radius 1 is 1.05 bits per heavy atom. The van der Waals surface area contributed by atoms with Gasteiger partial charge in [0.05, 0.1) is 11.7 Å². The molecule has 3 saturated heterocycles. The first-order chi connectivity index (χ1) is 9.33. The minimum Gasteiger partial charge on any atom is -0.370 e. The molecule has 3 unspecified atom stereocenters. The monoisotopic (exact) mass is 264 g/mol. The second-order valence-electron chi connectivity index (χ2n) is 7.35. The lowest BCUT2D eigenvalue weighted by Crippen LogP contribution is -2.41. The molecule has 19 heavy (non-hydrogen) atoms. The van der Waals surface area contributed by atoms with E-state index in [0.29, 0.717) is 11.7 Å². The lowest BCUT2D eigenvalue weighted by atomic mass is 9.94. The standard InChI is InChI=1S/C16H28N2O/c1-2-7-16(6-1)8-5-14(19-16)11-18-10-13-4-3-9-17-15(13)12-18/h13-15,17H,1-12H2. The van der Waals surface area contributed by atoms with Crippen molar-refractivity contribution in [2.24, 2.45) is 5.92 Å². The van der Waals surface area contributed by atoms with Crippen LogP contribution in [0, 0.1) is 5.92 Å². The molecule has 0 radical (unpaired) electrons. The Morgan fingerprint density at radius 2 is 1.95 bits per heavy atom. The van der Waals surface area contributed by atoms with Crippen molar-refractivity contribution in [2.75, 3.05) is 26.2 Å². The molecule has 3 aliphatic heterocycles. The molecule has 108 valence electrons. The first-order valence-corrected chi connectivity index (χ1v) is 8.47. The van der Waals surface area contributed by atoms with Crippen LogP contribution >= 0.6 is 0 Å². The van der Waals surface area contributed by atoms with Crippen molar-refractivity contribution >= 4 is 0 Å².